The van der Waals surface area contributed by atoms with Crippen LogP contribution in [0.4, 0.5) is 10.5 Å². The zero-order valence-corrected chi connectivity index (χ0v) is 9.93. The number of rotatable bonds is 2. The van der Waals surface area contributed by atoms with Crippen molar-refractivity contribution in [1.29, 1.82) is 5.26 Å². The SMILES string of the molecule is N#Cc1ccc(NC(=O)O[C@H]2C=CCCC2)cc1. The van der Waals surface area contributed by atoms with Gasteiger partial charge in [0, 0.05) is 5.69 Å². The second-order valence-electron chi connectivity index (χ2n) is 4.12. The second-order valence-corrected chi connectivity index (χ2v) is 4.12. The monoisotopic (exact) mass is 242 g/mol. The molecule has 1 aliphatic carbocycles. The van der Waals surface area contributed by atoms with Gasteiger partial charge in [0.25, 0.3) is 0 Å². The number of allylic oxidation sites excluding steroid dienone is 1. The number of anilines is 1. The number of ether oxygens (including phenoxy) is 1. The maximum absolute atomic E-state index is 11.6. The van der Waals surface area contributed by atoms with E-state index < -0.39 is 6.09 Å². The van der Waals surface area contributed by atoms with Gasteiger partial charge in [-0.2, -0.15) is 5.26 Å². The summed E-state index contributed by atoms with van der Waals surface area (Å²) in [5.41, 5.74) is 1.18. The van der Waals surface area contributed by atoms with E-state index >= 15 is 0 Å². The number of hydrogen-bond acceptors (Lipinski definition) is 3. The van der Waals surface area contributed by atoms with E-state index in [0.29, 0.717) is 11.3 Å². The van der Waals surface area contributed by atoms with E-state index in [1.165, 1.54) is 0 Å². The predicted molar refractivity (Wildman–Crippen MR) is 68.0 cm³/mol. The third-order valence-corrected chi connectivity index (χ3v) is 2.73. The van der Waals surface area contributed by atoms with E-state index in [2.05, 4.69) is 5.32 Å². The molecule has 0 heterocycles. The fraction of sp³-hybridized carbons (Fsp3) is 0.286. The fourth-order valence-corrected chi connectivity index (χ4v) is 1.79. The lowest BCUT2D eigenvalue weighted by molar-refractivity contribution is 0.126. The molecule has 18 heavy (non-hydrogen) atoms. The van der Waals surface area contributed by atoms with Gasteiger partial charge in [-0.1, -0.05) is 6.08 Å². The molecular formula is C14H14N2O2. The largest absolute Gasteiger partial charge is 0.442 e. The van der Waals surface area contributed by atoms with Gasteiger partial charge in [0.05, 0.1) is 11.6 Å². The standard InChI is InChI=1S/C14H14N2O2/c15-10-11-6-8-12(9-7-11)16-14(17)18-13-4-2-1-3-5-13/h2,4,6-9,13H,1,3,5H2,(H,16,17)/t13-/m0/s1. The van der Waals surface area contributed by atoms with E-state index in [1.807, 2.05) is 18.2 Å². The molecule has 0 bridgehead atoms. The van der Waals surface area contributed by atoms with Crippen LogP contribution in [0.15, 0.2) is 36.4 Å². The van der Waals surface area contributed by atoms with Crippen molar-refractivity contribution < 1.29 is 9.53 Å². The maximum Gasteiger partial charge on any atom is 0.412 e. The molecule has 4 heteroatoms. The van der Waals surface area contributed by atoms with E-state index in [4.69, 9.17) is 10.00 Å². The molecule has 0 saturated heterocycles. The molecule has 1 aliphatic rings. The zero-order chi connectivity index (χ0) is 12.8. The van der Waals surface area contributed by atoms with Gasteiger partial charge in [0.15, 0.2) is 0 Å². The third-order valence-electron chi connectivity index (χ3n) is 2.73. The Morgan fingerprint density at radius 2 is 2.17 bits per heavy atom. The summed E-state index contributed by atoms with van der Waals surface area (Å²) in [6.07, 6.45) is 6.33. The first-order chi connectivity index (χ1) is 8.78. The van der Waals surface area contributed by atoms with Crippen LogP contribution in [0.1, 0.15) is 24.8 Å². The Kier molecular flexibility index (Phi) is 3.98. The first kappa shape index (κ1) is 12.2. The number of carbonyl (C=O) groups excluding carboxylic acids is 1. The zero-order valence-electron chi connectivity index (χ0n) is 9.93. The van der Waals surface area contributed by atoms with Crippen LogP contribution in [0, 0.1) is 11.3 Å². The predicted octanol–water partition coefficient (Wildman–Crippen LogP) is 3.22. The molecule has 1 aromatic rings. The van der Waals surface area contributed by atoms with Gasteiger partial charge in [0.2, 0.25) is 0 Å². The molecule has 0 fully saturated rings. The molecular weight excluding hydrogens is 228 g/mol. The molecule has 4 nitrogen and oxygen atoms in total. The topological polar surface area (TPSA) is 62.1 Å². The van der Waals surface area contributed by atoms with Gasteiger partial charge in [-0.15, -0.1) is 0 Å². The Morgan fingerprint density at radius 3 is 2.78 bits per heavy atom. The van der Waals surface area contributed by atoms with Crippen molar-refractivity contribution in [2.24, 2.45) is 0 Å². The smallest absolute Gasteiger partial charge is 0.412 e. The van der Waals surface area contributed by atoms with Crippen molar-refractivity contribution >= 4 is 11.8 Å². The van der Waals surface area contributed by atoms with Gasteiger partial charge in [-0.25, -0.2) is 4.79 Å². The highest BCUT2D eigenvalue weighted by atomic mass is 16.6. The lowest BCUT2D eigenvalue weighted by Gasteiger charge is -2.17. The van der Waals surface area contributed by atoms with Gasteiger partial charge in [0.1, 0.15) is 6.10 Å². The van der Waals surface area contributed by atoms with Crippen molar-refractivity contribution in [2.45, 2.75) is 25.4 Å². The molecule has 1 amide bonds. The number of amides is 1. The second kappa shape index (κ2) is 5.87. The summed E-state index contributed by atoms with van der Waals surface area (Å²) in [5.74, 6) is 0. The summed E-state index contributed by atoms with van der Waals surface area (Å²) >= 11 is 0. The van der Waals surface area contributed by atoms with Crippen molar-refractivity contribution in [3.8, 4) is 6.07 Å². The summed E-state index contributed by atoms with van der Waals surface area (Å²) in [4.78, 5) is 11.6. The summed E-state index contributed by atoms with van der Waals surface area (Å²) in [7, 11) is 0. The quantitative estimate of drug-likeness (QED) is 0.810. The number of nitrogens with one attached hydrogen (secondary N) is 1. The van der Waals surface area contributed by atoms with E-state index in [0.717, 1.165) is 19.3 Å². The summed E-state index contributed by atoms with van der Waals surface area (Å²) in [6, 6.07) is 8.67. The Labute approximate surface area is 106 Å². The van der Waals surface area contributed by atoms with Crippen LogP contribution in [-0.2, 0) is 4.74 Å². The minimum Gasteiger partial charge on any atom is -0.442 e. The molecule has 0 aromatic heterocycles. The summed E-state index contributed by atoms with van der Waals surface area (Å²) in [5, 5.41) is 11.3. The van der Waals surface area contributed by atoms with Gasteiger partial charge < -0.3 is 4.74 Å². The fourth-order valence-electron chi connectivity index (χ4n) is 1.79. The van der Waals surface area contributed by atoms with Gasteiger partial charge in [-0.3, -0.25) is 5.32 Å². The number of nitriles is 1. The average Bonchev–Trinajstić information content (AvgIpc) is 2.40. The Bertz CT molecular complexity index is 486. The van der Waals surface area contributed by atoms with Crippen LogP contribution in [0.3, 0.4) is 0 Å². The van der Waals surface area contributed by atoms with Crippen LogP contribution >= 0.6 is 0 Å². The van der Waals surface area contributed by atoms with Gasteiger partial charge >= 0.3 is 6.09 Å². The van der Waals surface area contributed by atoms with Crippen LogP contribution in [0.25, 0.3) is 0 Å². The highest BCUT2D eigenvalue weighted by molar-refractivity contribution is 5.84. The van der Waals surface area contributed by atoms with Crippen molar-refractivity contribution in [1.82, 2.24) is 0 Å². The molecule has 0 aliphatic heterocycles. The van der Waals surface area contributed by atoms with Crippen LogP contribution < -0.4 is 5.32 Å². The van der Waals surface area contributed by atoms with Crippen molar-refractivity contribution in [3.63, 3.8) is 0 Å². The minimum atomic E-state index is -0.462. The molecule has 1 aromatic carbocycles. The van der Waals surface area contributed by atoms with Crippen LogP contribution in [0.5, 0.6) is 0 Å². The van der Waals surface area contributed by atoms with Gasteiger partial charge in [-0.05, 0) is 49.6 Å². The van der Waals surface area contributed by atoms with E-state index in [1.54, 1.807) is 24.3 Å². The normalized spacial score (nSPS) is 17.8. The highest BCUT2D eigenvalue weighted by Crippen LogP contribution is 2.15. The third kappa shape index (κ3) is 3.36. The Morgan fingerprint density at radius 1 is 1.39 bits per heavy atom. The van der Waals surface area contributed by atoms with E-state index in [-0.39, 0.29) is 6.10 Å². The number of carbonyl (C=O) groups is 1. The molecule has 1 N–H and O–H groups in total. The molecule has 0 spiro atoms. The molecule has 0 saturated carbocycles. The summed E-state index contributed by atoms with van der Waals surface area (Å²) in [6.45, 7) is 0. The average molecular weight is 242 g/mol. The molecule has 92 valence electrons. The van der Waals surface area contributed by atoms with Crippen LogP contribution in [-0.4, -0.2) is 12.2 Å². The molecule has 0 unspecified atom stereocenters. The number of nitrogens with zero attached hydrogens (tertiary/aromatic N) is 1. The number of hydrogen-bond donors (Lipinski definition) is 1. The Balaban J connectivity index is 1.88. The molecule has 0 radical (unpaired) electrons. The minimum absolute atomic E-state index is 0.128. The molecule has 1 atom stereocenters. The maximum atomic E-state index is 11.6. The van der Waals surface area contributed by atoms with E-state index in [9.17, 15) is 4.79 Å². The first-order valence-corrected chi connectivity index (χ1v) is 5.92. The molecule has 2 rings (SSSR count). The Hall–Kier alpha value is -2.28. The van der Waals surface area contributed by atoms with Crippen LogP contribution in [0.2, 0.25) is 0 Å². The highest BCUT2D eigenvalue weighted by Gasteiger charge is 2.13. The lowest BCUT2D eigenvalue weighted by atomic mass is 10.1. The first-order valence-electron chi connectivity index (χ1n) is 5.92. The summed E-state index contributed by atoms with van der Waals surface area (Å²) < 4.78 is 5.25. The van der Waals surface area contributed by atoms with Crippen molar-refractivity contribution in [2.75, 3.05) is 5.32 Å². The lowest BCUT2D eigenvalue weighted by Crippen LogP contribution is -2.22. The number of benzene rings is 1. The van der Waals surface area contributed by atoms with Crippen molar-refractivity contribution in [3.05, 3.63) is 42.0 Å².